The second-order valence-electron chi connectivity index (χ2n) is 7.99. The Labute approximate surface area is 137 Å². The molecule has 3 saturated heterocycles. The Morgan fingerprint density at radius 1 is 0.909 bits per heavy atom. The highest BCUT2D eigenvalue weighted by atomic mass is 15.3. The maximum Gasteiger partial charge on any atom is 0.0351 e. The quantitative estimate of drug-likeness (QED) is 0.736. The molecular formula is C18H36N4. The zero-order chi connectivity index (χ0) is 15.5. The molecular weight excluding hydrogens is 272 g/mol. The fourth-order valence-corrected chi connectivity index (χ4v) is 4.44. The van der Waals surface area contributed by atoms with Gasteiger partial charge in [-0.15, -0.1) is 0 Å². The zero-order valence-electron chi connectivity index (χ0n) is 15.0. The summed E-state index contributed by atoms with van der Waals surface area (Å²) >= 11 is 0. The summed E-state index contributed by atoms with van der Waals surface area (Å²) in [5.74, 6) is 0.921. The lowest BCUT2D eigenvalue weighted by Crippen LogP contribution is -2.63. The van der Waals surface area contributed by atoms with Gasteiger partial charge in [0, 0.05) is 64.4 Å². The van der Waals surface area contributed by atoms with Crippen LogP contribution in [0, 0.1) is 5.92 Å². The van der Waals surface area contributed by atoms with Crippen LogP contribution in [-0.4, -0.2) is 97.1 Å². The summed E-state index contributed by atoms with van der Waals surface area (Å²) in [4.78, 5) is 10.7. The van der Waals surface area contributed by atoms with Crippen LogP contribution in [0.2, 0.25) is 0 Å². The molecule has 0 aromatic carbocycles. The summed E-state index contributed by atoms with van der Waals surface area (Å²) in [6, 6.07) is 1.58. The Bertz CT molecular complexity index is 332. The zero-order valence-corrected chi connectivity index (χ0v) is 15.0. The Kier molecular flexibility index (Phi) is 5.77. The summed E-state index contributed by atoms with van der Waals surface area (Å²) < 4.78 is 0. The van der Waals surface area contributed by atoms with E-state index in [1.807, 2.05) is 0 Å². The smallest absolute Gasteiger partial charge is 0.0351 e. The first-order chi connectivity index (χ1) is 10.7. The van der Waals surface area contributed by atoms with E-state index in [9.17, 15) is 0 Å². The summed E-state index contributed by atoms with van der Waals surface area (Å²) in [5.41, 5.74) is 0. The van der Waals surface area contributed by atoms with Crippen LogP contribution in [0.1, 0.15) is 33.6 Å². The van der Waals surface area contributed by atoms with E-state index in [0.29, 0.717) is 0 Å². The predicted molar refractivity (Wildman–Crippen MR) is 93.3 cm³/mol. The van der Waals surface area contributed by atoms with Crippen molar-refractivity contribution in [1.29, 1.82) is 0 Å². The Morgan fingerprint density at radius 2 is 1.64 bits per heavy atom. The van der Waals surface area contributed by atoms with Crippen LogP contribution in [0.15, 0.2) is 0 Å². The highest BCUT2D eigenvalue weighted by Gasteiger charge is 2.35. The Hall–Kier alpha value is -0.160. The Morgan fingerprint density at radius 3 is 2.23 bits per heavy atom. The van der Waals surface area contributed by atoms with Crippen LogP contribution in [-0.2, 0) is 0 Å². The molecule has 0 aromatic heterocycles. The lowest BCUT2D eigenvalue weighted by atomic mass is 10.0. The van der Waals surface area contributed by atoms with Crippen LogP contribution in [0.4, 0.5) is 0 Å². The minimum Gasteiger partial charge on any atom is -0.301 e. The third-order valence-corrected chi connectivity index (χ3v) is 5.96. The third kappa shape index (κ3) is 4.02. The molecule has 0 amide bonds. The molecule has 3 heterocycles. The standard InChI is InChI=1S/C18H36N4/c1-4-6-19-8-10-21(11-9-19)18-14-20(15-18)12-17-5-7-22(13-17)16(2)3/h16-18H,4-15H2,1-3H3. The minimum atomic E-state index is 0.730. The van der Waals surface area contributed by atoms with Gasteiger partial charge in [0.05, 0.1) is 0 Å². The number of hydrogen-bond donors (Lipinski definition) is 0. The topological polar surface area (TPSA) is 13.0 Å². The molecule has 0 bridgehead atoms. The predicted octanol–water partition coefficient (Wildman–Crippen LogP) is 1.43. The van der Waals surface area contributed by atoms with Crippen LogP contribution in [0.5, 0.6) is 0 Å². The molecule has 0 aromatic rings. The van der Waals surface area contributed by atoms with Crippen molar-refractivity contribution < 1.29 is 0 Å². The molecule has 1 atom stereocenters. The molecule has 0 radical (unpaired) electrons. The van der Waals surface area contributed by atoms with Gasteiger partial charge in [0.1, 0.15) is 0 Å². The van der Waals surface area contributed by atoms with Crippen LogP contribution >= 0.6 is 0 Å². The van der Waals surface area contributed by atoms with E-state index >= 15 is 0 Å². The largest absolute Gasteiger partial charge is 0.301 e. The van der Waals surface area contributed by atoms with Crippen LogP contribution in [0.25, 0.3) is 0 Å². The molecule has 3 fully saturated rings. The van der Waals surface area contributed by atoms with Crippen molar-refractivity contribution in [2.75, 3.05) is 65.4 Å². The van der Waals surface area contributed by atoms with Crippen molar-refractivity contribution in [1.82, 2.24) is 19.6 Å². The van der Waals surface area contributed by atoms with Crippen molar-refractivity contribution in [2.24, 2.45) is 5.92 Å². The summed E-state index contributed by atoms with van der Waals surface area (Å²) in [7, 11) is 0. The van der Waals surface area contributed by atoms with Gasteiger partial charge in [-0.05, 0) is 45.7 Å². The Balaban J connectivity index is 1.32. The van der Waals surface area contributed by atoms with E-state index in [1.165, 1.54) is 78.3 Å². The van der Waals surface area contributed by atoms with Gasteiger partial charge in [-0.25, -0.2) is 0 Å². The monoisotopic (exact) mass is 308 g/mol. The maximum atomic E-state index is 2.75. The average molecular weight is 309 g/mol. The van der Waals surface area contributed by atoms with Gasteiger partial charge >= 0.3 is 0 Å². The lowest BCUT2D eigenvalue weighted by Gasteiger charge is -2.49. The SMILES string of the molecule is CCCN1CCN(C2CN(CC3CCN(C(C)C)C3)C2)CC1. The number of nitrogens with zero attached hydrogens (tertiary/aromatic N) is 4. The fraction of sp³-hybridized carbons (Fsp3) is 1.00. The number of piperazine rings is 1. The van der Waals surface area contributed by atoms with Gasteiger partial charge in [-0.1, -0.05) is 6.92 Å². The number of rotatable bonds is 6. The van der Waals surface area contributed by atoms with E-state index < -0.39 is 0 Å². The minimum absolute atomic E-state index is 0.730. The molecule has 128 valence electrons. The molecule has 1 unspecified atom stereocenters. The molecule has 22 heavy (non-hydrogen) atoms. The van der Waals surface area contributed by atoms with Gasteiger partial charge in [-0.2, -0.15) is 0 Å². The van der Waals surface area contributed by atoms with Crippen molar-refractivity contribution in [3.63, 3.8) is 0 Å². The molecule has 3 aliphatic heterocycles. The van der Waals surface area contributed by atoms with Gasteiger partial charge < -0.3 is 9.80 Å². The summed E-state index contributed by atoms with van der Waals surface area (Å²) in [5, 5.41) is 0. The first-order valence-corrected chi connectivity index (χ1v) is 9.58. The van der Waals surface area contributed by atoms with Crippen LogP contribution in [0.3, 0.4) is 0 Å². The number of hydrogen-bond acceptors (Lipinski definition) is 4. The van der Waals surface area contributed by atoms with Gasteiger partial charge in [0.15, 0.2) is 0 Å². The molecule has 4 heteroatoms. The van der Waals surface area contributed by atoms with Crippen molar-refractivity contribution >= 4 is 0 Å². The number of likely N-dealkylation sites (tertiary alicyclic amines) is 2. The third-order valence-electron chi connectivity index (χ3n) is 5.96. The molecule has 3 aliphatic rings. The van der Waals surface area contributed by atoms with E-state index in [4.69, 9.17) is 0 Å². The second kappa shape index (κ2) is 7.61. The molecule has 0 aliphatic carbocycles. The molecule has 0 saturated carbocycles. The molecule has 0 spiro atoms. The van der Waals surface area contributed by atoms with Crippen molar-refractivity contribution in [3.05, 3.63) is 0 Å². The molecule has 0 N–H and O–H groups in total. The molecule has 3 rings (SSSR count). The van der Waals surface area contributed by atoms with Crippen molar-refractivity contribution in [3.8, 4) is 0 Å². The first-order valence-electron chi connectivity index (χ1n) is 9.58. The summed E-state index contributed by atoms with van der Waals surface area (Å²) in [6.45, 7) is 20.1. The van der Waals surface area contributed by atoms with Crippen molar-refractivity contribution in [2.45, 2.75) is 45.7 Å². The normalized spacial score (nSPS) is 30.3. The van der Waals surface area contributed by atoms with Gasteiger partial charge in [-0.3, -0.25) is 9.80 Å². The van der Waals surface area contributed by atoms with Crippen LogP contribution < -0.4 is 0 Å². The highest BCUT2D eigenvalue weighted by molar-refractivity contribution is 4.92. The maximum absolute atomic E-state index is 2.75. The van der Waals surface area contributed by atoms with E-state index in [2.05, 4.69) is 40.4 Å². The lowest BCUT2D eigenvalue weighted by molar-refractivity contribution is -0.00124. The van der Waals surface area contributed by atoms with E-state index in [-0.39, 0.29) is 0 Å². The average Bonchev–Trinajstić information content (AvgIpc) is 2.93. The first kappa shape index (κ1) is 16.7. The summed E-state index contributed by atoms with van der Waals surface area (Å²) in [6.07, 6.45) is 2.71. The van der Waals surface area contributed by atoms with E-state index in [0.717, 1.165) is 18.0 Å². The highest BCUT2D eigenvalue weighted by Crippen LogP contribution is 2.23. The molecule has 4 nitrogen and oxygen atoms in total. The fourth-order valence-electron chi connectivity index (χ4n) is 4.44. The van der Waals surface area contributed by atoms with E-state index in [1.54, 1.807) is 0 Å². The van der Waals surface area contributed by atoms with Gasteiger partial charge in [0.25, 0.3) is 0 Å². The van der Waals surface area contributed by atoms with Gasteiger partial charge in [0.2, 0.25) is 0 Å². The second-order valence-corrected chi connectivity index (χ2v) is 7.99.